The Morgan fingerprint density at radius 2 is 2.19 bits per heavy atom. The number of halogens is 3. The van der Waals surface area contributed by atoms with Crippen molar-refractivity contribution in [1.82, 2.24) is 9.88 Å². The molecule has 142 valence electrons. The van der Waals surface area contributed by atoms with Gasteiger partial charge in [0.05, 0.1) is 13.1 Å². The predicted molar refractivity (Wildman–Crippen MR) is 91.9 cm³/mol. The Hall–Kier alpha value is -3.03. The van der Waals surface area contributed by atoms with E-state index in [1.54, 1.807) is 25.3 Å². The van der Waals surface area contributed by atoms with Crippen LogP contribution in [-0.4, -0.2) is 35.2 Å². The van der Waals surface area contributed by atoms with Crippen molar-refractivity contribution < 1.29 is 27.4 Å². The van der Waals surface area contributed by atoms with Crippen LogP contribution in [0.5, 0.6) is 5.75 Å². The number of aromatic nitrogens is 1. The Bertz CT molecular complexity index is 873. The lowest BCUT2D eigenvalue weighted by atomic mass is 10.0. The Morgan fingerprint density at radius 1 is 1.41 bits per heavy atom. The number of amides is 1. The van der Waals surface area contributed by atoms with Gasteiger partial charge in [-0.05, 0) is 42.3 Å². The monoisotopic (exact) mass is 378 g/mol. The highest BCUT2D eigenvalue weighted by Gasteiger charge is 2.29. The molecule has 0 N–H and O–H groups in total. The van der Waals surface area contributed by atoms with Crippen LogP contribution in [0.2, 0.25) is 0 Å². The Labute approximate surface area is 154 Å². The van der Waals surface area contributed by atoms with Gasteiger partial charge in [-0.15, -0.1) is 0 Å². The lowest BCUT2D eigenvalue weighted by molar-refractivity contribution is -0.0521. The van der Waals surface area contributed by atoms with Crippen molar-refractivity contribution in [2.24, 2.45) is 0 Å². The summed E-state index contributed by atoms with van der Waals surface area (Å²) in [5.41, 5.74) is 2.52. The van der Waals surface area contributed by atoms with Gasteiger partial charge < -0.3 is 9.47 Å². The highest BCUT2D eigenvalue weighted by atomic mass is 19.3. The van der Waals surface area contributed by atoms with E-state index in [1.165, 1.54) is 17.0 Å². The zero-order valence-electron chi connectivity index (χ0n) is 14.5. The fourth-order valence-corrected chi connectivity index (χ4v) is 2.76. The summed E-state index contributed by atoms with van der Waals surface area (Å²) >= 11 is 0. The summed E-state index contributed by atoms with van der Waals surface area (Å²) in [4.78, 5) is 17.7. The van der Waals surface area contributed by atoms with Crippen molar-refractivity contribution >= 4 is 6.09 Å². The fourth-order valence-electron chi connectivity index (χ4n) is 2.76. The number of hydrogen-bond donors (Lipinski definition) is 0. The predicted octanol–water partition coefficient (Wildman–Crippen LogP) is 4.30. The van der Waals surface area contributed by atoms with Crippen LogP contribution in [-0.2, 0) is 11.3 Å². The fraction of sp³-hybridized carbons (Fsp3) is 0.263. The van der Waals surface area contributed by atoms with Gasteiger partial charge in [0.25, 0.3) is 0 Å². The summed E-state index contributed by atoms with van der Waals surface area (Å²) < 4.78 is 47.8. The van der Waals surface area contributed by atoms with Crippen molar-refractivity contribution in [3.63, 3.8) is 0 Å². The first-order valence-electron chi connectivity index (χ1n) is 8.15. The van der Waals surface area contributed by atoms with Gasteiger partial charge in [0.15, 0.2) is 11.6 Å². The number of benzene rings is 1. The van der Waals surface area contributed by atoms with Gasteiger partial charge in [0.1, 0.15) is 6.10 Å². The summed E-state index contributed by atoms with van der Waals surface area (Å²) in [6, 6.07) is 5.46. The van der Waals surface area contributed by atoms with Gasteiger partial charge >= 0.3 is 12.7 Å². The second-order valence-corrected chi connectivity index (χ2v) is 6.03. The normalized spacial score (nSPS) is 16.6. The van der Waals surface area contributed by atoms with Crippen LogP contribution >= 0.6 is 0 Å². The van der Waals surface area contributed by atoms with Crippen LogP contribution in [0.25, 0.3) is 11.1 Å². The quantitative estimate of drug-likeness (QED) is 0.703. The van der Waals surface area contributed by atoms with Crippen LogP contribution in [0.3, 0.4) is 0 Å². The largest absolute Gasteiger partial charge is 0.440 e. The van der Waals surface area contributed by atoms with Crippen LogP contribution < -0.4 is 4.74 Å². The number of nitrogens with zero attached hydrogens (tertiary/aromatic N) is 2. The van der Waals surface area contributed by atoms with E-state index in [4.69, 9.17) is 4.74 Å². The maximum Gasteiger partial charge on any atom is 0.410 e. The van der Waals surface area contributed by atoms with E-state index in [0.717, 1.165) is 11.6 Å². The summed E-state index contributed by atoms with van der Waals surface area (Å²) in [6.45, 7) is 2.94. The van der Waals surface area contributed by atoms with Crippen LogP contribution in [0.15, 0.2) is 43.1 Å². The molecule has 1 aliphatic heterocycles. The molecule has 2 aromatic rings. The first kappa shape index (κ1) is 18.8. The summed E-state index contributed by atoms with van der Waals surface area (Å²) in [6.07, 6.45) is 2.30. The highest BCUT2D eigenvalue weighted by Crippen LogP contribution is 2.29. The maximum absolute atomic E-state index is 13.6. The van der Waals surface area contributed by atoms with Crippen LogP contribution in [0, 0.1) is 12.7 Å². The van der Waals surface area contributed by atoms with Gasteiger partial charge in [-0.3, -0.25) is 9.88 Å². The minimum atomic E-state index is -3.12. The number of rotatable bonds is 6. The topological polar surface area (TPSA) is 51.7 Å². The number of hydrogen-bond acceptors (Lipinski definition) is 4. The molecule has 1 saturated heterocycles. The van der Waals surface area contributed by atoms with E-state index in [-0.39, 0.29) is 12.6 Å². The Balaban J connectivity index is 1.87. The number of pyridine rings is 1. The minimum absolute atomic E-state index is 0.275. The molecule has 27 heavy (non-hydrogen) atoms. The maximum atomic E-state index is 13.6. The molecule has 0 radical (unpaired) electrons. The van der Waals surface area contributed by atoms with E-state index >= 15 is 0 Å². The second-order valence-electron chi connectivity index (χ2n) is 6.03. The van der Waals surface area contributed by atoms with Crippen LogP contribution in [0.4, 0.5) is 18.0 Å². The van der Waals surface area contributed by atoms with Gasteiger partial charge in [-0.1, -0.05) is 12.6 Å². The van der Waals surface area contributed by atoms with E-state index < -0.39 is 24.3 Å². The molecule has 1 aromatic heterocycles. The molecule has 0 unspecified atom stereocenters. The van der Waals surface area contributed by atoms with Crippen molar-refractivity contribution in [3.8, 4) is 16.9 Å². The van der Waals surface area contributed by atoms with Gasteiger partial charge in [0.2, 0.25) is 0 Å². The second kappa shape index (κ2) is 7.69. The summed E-state index contributed by atoms with van der Waals surface area (Å²) in [5.74, 6) is -1.42. The summed E-state index contributed by atoms with van der Waals surface area (Å²) in [7, 11) is 0. The Morgan fingerprint density at radius 3 is 2.85 bits per heavy atom. The molecule has 2 heterocycles. The molecule has 0 saturated carbocycles. The molecule has 5 nitrogen and oxygen atoms in total. The Kier molecular flexibility index (Phi) is 5.34. The molecule has 1 aliphatic rings. The van der Waals surface area contributed by atoms with Gasteiger partial charge in [0, 0.05) is 17.5 Å². The third kappa shape index (κ3) is 4.21. The van der Waals surface area contributed by atoms with Crippen molar-refractivity contribution in [2.75, 3.05) is 6.54 Å². The standard InChI is InChI=1S/C19H17F3N2O3/c1-3-15-10-24(19(25)26-15)9-14-6-13(8-23-11(14)2)12-4-5-16(20)17(7-12)27-18(21)22/h3-8,15,18H,1,9-10H2,2H3/t15-/m0/s1. The van der Waals surface area contributed by atoms with Crippen molar-refractivity contribution in [1.29, 1.82) is 0 Å². The molecular formula is C19H17F3N2O3. The van der Waals surface area contributed by atoms with E-state index in [1.807, 2.05) is 0 Å². The van der Waals surface area contributed by atoms with Gasteiger partial charge in [-0.25, -0.2) is 9.18 Å². The molecule has 0 bridgehead atoms. The van der Waals surface area contributed by atoms with Gasteiger partial charge in [-0.2, -0.15) is 8.78 Å². The molecule has 8 heteroatoms. The number of alkyl halides is 2. The average Bonchev–Trinajstić information content (AvgIpc) is 2.98. The number of carbonyl (C=O) groups excluding carboxylic acids is 1. The molecule has 0 spiro atoms. The summed E-state index contributed by atoms with van der Waals surface area (Å²) in [5, 5.41) is 0. The zero-order valence-corrected chi connectivity index (χ0v) is 14.5. The molecule has 1 amide bonds. The highest BCUT2D eigenvalue weighted by molar-refractivity contribution is 5.71. The smallest absolute Gasteiger partial charge is 0.410 e. The van der Waals surface area contributed by atoms with Crippen molar-refractivity contribution in [2.45, 2.75) is 26.2 Å². The van der Waals surface area contributed by atoms with Crippen LogP contribution in [0.1, 0.15) is 11.3 Å². The molecule has 1 fully saturated rings. The molecular weight excluding hydrogens is 361 g/mol. The lowest BCUT2D eigenvalue weighted by Crippen LogP contribution is -2.24. The third-order valence-electron chi connectivity index (χ3n) is 4.21. The van der Waals surface area contributed by atoms with E-state index in [0.29, 0.717) is 23.4 Å². The average molecular weight is 378 g/mol. The van der Waals surface area contributed by atoms with E-state index in [9.17, 15) is 18.0 Å². The SMILES string of the molecule is C=C[C@H]1CN(Cc2cc(-c3ccc(F)c(OC(F)F)c3)cnc2C)C(=O)O1. The number of cyclic esters (lactones) is 1. The molecule has 1 atom stereocenters. The lowest BCUT2D eigenvalue weighted by Gasteiger charge is -2.15. The number of aryl methyl sites for hydroxylation is 1. The van der Waals surface area contributed by atoms with E-state index in [2.05, 4.69) is 16.3 Å². The zero-order chi connectivity index (χ0) is 19.6. The molecule has 3 rings (SSSR count). The number of carbonyl (C=O) groups is 1. The minimum Gasteiger partial charge on any atom is -0.440 e. The third-order valence-corrected chi connectivity index (χ3v) is 4.21. The molecule has 1 aromatic carbocycles. The molecule has 0 aliphatic carbocycles. The number of ether oxygens (including phenoxy) is 2. The first-order chi connectivity index (χ1) is 12.9. The first-order valence-corrected chi connectivity index (χ1v) is 8.15. The van der Waals surface area contributed by atoms with Crippen molar-refractivity contribution in [3.05, 3.63) is 60.2 Å².